The highest BCUT2D eigenvalue weighted by atomic mass is 32.2. The van der Waals surface area contributed by atoms with Gasteiger partial charge >= 0.3 is 6.03 Å². The molecule has 0 bridgehead atoms. The van der Waals surface area contributed by atoms with Crippen LogP contribution in [0.5, 0.6) is 0 Å². The van der Waals surface area contributed by atoms with Crippen molar-refractivity contribution in [2.75, 3.05) is 5.75 Å². The van der Waals surface area contributed by atoms with Crippen molar-refractivity contribution in [2.45, 2.75) is 56.9 Å². The van der Waals surface area contributed by atoms with Crippen molar-refractivity contribution in [1.29, 1.82) is 0 Å². The average Bonchev–Trinajstić information content (AvgIpc) is 2.50. The molecule has 0 saturated heterocycles. The van der Waals surface area contributed by atoms with Crippen LogP contribution in [0.3, 0.4) is 0 Å². The maximum absolute atomic E-state index is 12.2. The predicted molar refractivity (Wildman–Crippen MR) is 88.5 cm³/mol. The zero-order valence-electron chi connectivity index (χ0n) is 12.8. The molecule has 0 radical (unpaired) electrons. The molecular weight excluding hydrogens is 282 g/mol. The minimum Gasteiger partial charge on any atom is -0.334 e. The lowest BCUT2D eigenvalue weighted by molar-refractivity contribution is 0.230. The summed E-state index contributed by atoms with van der Waals surface area (Å²) in [7, 11) is 0. The van der Waals surface area contributed by atoms with Gasteiger partial charge in [0.1, 0.15) is 0 Å². The zero-order chi connectivity index (χ0) is 15.1. The van der Waals surface area contributed by atoms with E-state index < -0.39 is 0 Å². The highest BCUT2D eigenvalue weighted by Crippen LogP contribution is 2.28. The Balaban J connectivity index is 1.85. The van der Waals surface area contributed by atoms with E-state index in [1.54, 1.807) is 12.4 Å². The number of carbonyl (C=O) groups is 1. The fourth-order valence-electron chi connectivity index (χ4n) is 2.80. The molecule has 4 nitrogen and oxygen atoms in total. The SMILES string of the molecule is CCS[C@@H]1CCCC[C@H]1NC(=O)N[C@H](C)c1cccnc1. The second-order valence-corrected chi connectivity index (χ2v) is 7.03. The first kappa shape index (κ1) is 16.1. The number of hydrogen-bond acceptors (Lipinski definition) is 3. The molecule has 0 unspecified atom stereocenters. The van der Waals surface area contributed by atoms with Crippen LogP contribution in [0.2, 0.25) is 0 Å². The predicted octanol–water partition coefficient (Wildman–Crippen LogP) is 3.51. The molecule has 2 rings (SSSR count). The number of pyridine rings is 1. The van der Waals surface area contributed by atoms with Crippen molar-refractivity contribution < 1.29 is 4.79 Å². The lowest BCUT2D eigenvalue weighted by Crippen LogP contribution is -2.48. The van der Waals surface area contributed by atoms with Crippen molar-refractivity contribution >= 4 is 17.8 Å². The molecule has 0 spiro atoms. The Bertz CT molecular complexity index is 438. The smallest absolute Gasteiger partial charge is 0.315 e. The lowest BCUT2D eigenvalue weighted by atomic mass is 9.95. The highest BCUT2D eigenvalue weighted by Gasteiger charge is 2.26. The van der Waals surface area contributed by atoms with Gasteiger partial charge in [0.25, 0.3) is 0 Å². The van der Waals surface area contributed by atoms with Crippen molar-refractivity contribution in [1.82, 2.24) is 15.6 Å². The highest BCUT2D eigenvalue weighted by molar-refractivity contribution is 7.99. The van der Waals surface area contributed by atoms with Gasteiger partial charge in [-0.15, -0.1) is 0 Å². The molecule has 2 N–H and O–H groups in total. The van der Waals surface area contributed by atoms with E-state index >= 15 is 0 Å². The van der Waals surface area contributed by atoms with Crippen LogP contribution in [0, 0.1) is 0 Å². The molecule has 21 heavy (non-hydrogen) atoms. The molecule has 1 fully saturated rings. The van der Waals surface area contributed by atoms with Crippen molar-refractivity contribution in [2.24, 2.45) is 0 Å². The number of nitrogens with one attached hydrogen (secondary N) is 2. The maximum Gasteiger partial charge on any atom is 0.315 e. The van der Waals surface area contributed by atoms with Crippen LogP contribution in [0.1, 0.15) is 51.1 Å². The molecule has 5 heteroatoms. The molecule has 1 saturated carbocycles. The van der Waals surface area contributed by atoms with Crippen LogP contribution in [0.15, 0.2) is 24.5 Å². The molecule has 1 aromatic heterocycles. The van der Waals surface area contributed by atoms with Gasteiger partial charge in [0.05, 0.1) is 6.04 Å². The van der Waals surface area contributed by atoms with E-state index in [4.69, 9.17) is 0 Å². The molecule has 0 aliphatic heterocycles. The summed E-state index contributed by atoms with van der Waals surface area (Å²) in [5.41, 5.74) is 1.02. The van der Waals surface area contributed by atoms with Crippen molar-refractivity contribution in [3.05, 3.63) is 30.1 Å². The van der Waals surface area contributed by atoms with E-state index in [0.29, 0.717) is 11.3 Å². The number of nitrogens with zero attached hydrogens (tertiary/aromatic N) is 1. The fraction of sp³-hybridized carbons (Fsp3) is 0.625. The summed E-state index contributed by atoms with van der Waals surface area (Å²) in [6.07, 6.45) is 8.33. The number of thioether (sulfide) groups is 1. The third-order valence-electron chi connectivity index (χ3n) is 3.93. The van der Waals surface area contributed by atoms with Gasteiger partial charge in [-0.2, -0.15) is 11.8 Å². The van der Waals surface area contributed by atoms with Gasteiger partial charge in [-0.05, 0) is 37.1 Å². The minimum absolute atomic E-state index is 0.0282. The first-order chi connectivity index (χ1) is 10.2. The average molecular weight is 307 g/mol. The Morgan fingerprint density at radius 3 is 3.00 bits per heavy atom. The van der Waals surface area contributed by atoms with Gasteiger partial charge < -0.3 is 10.6 Å². The number of rotatable bonds is 5. The molecule has 116 valence electrons. The quantitative estimate of drug-likeness (QED) is 0.875. The molecule has 1 aromatic rings. The Kier molecular flexibility index (Phi) is 6.36. The Morgan fingerprint density at radius 1 is 1.48 bits per heavy atom. The molecule has 1 aliphatic rings. The summed E-state index contributed by atoms with van der Waals surface area (Å²) in [4.78, 5) is 16.3. The normalized spacial score (nSPS) is 23.3. The maximum atomic E-state index is 12.2. The standard InChI is InChI=1S/C16H25N3OS/c1-3-21-15-9-5-4-8-14(15)19-16(20)18-12(2)13-7-6-10-17-11-13/h6-7,10-12,14-15H,3-5,8-9H2,1-2H3,(H2,18,19,20)/t12-,14-,15-/m1/s1. The van der Waals surface area contributed by atoms with Gasteiger partial charge in [0.2, 0.25) is 0 Å². The van der Waals surface area contributed by atoms with E-state index in [9.17, 15) is 4.79 Å². The number of amides is 2. The first-order valence-corrected chi connectivity index (χ1v) is 8.84. The van der Waals surface area contributed by atoms with Gasteiger partial charge in [0, 0.05) is 23.7 Å². The van der Waals surface area contributed by atoms with Gasteiger partial charge in [-0.3, -0.25) is 4.98 Å². The Hall–Kier alpha value is -1.23. The number of aromatic nitrogens is 1. The summed E-state index contributed by atoms with van der Waals surface area (Å²) >= 11 is 1.97. The zero-order valence-corrected chi connectivity index (χ0v) is 13.7. The summed E-state index contributed by atoms with van der Waals surface area (Å²) in [6, 6.07) is 4.07. The minimum atomic E-state index is -0.0695. The summed E-state index contributed by atoms with van der Waals surface area (Å²) in [5.74, 6) is 1.11. The molecule has 2 amide bonds. The molecule has 3 atom stereocenters. The van der Waals surface area contributed by atoms with Crippen LogP contribution < -0.4 is 10.6 Å². The van der Waals surface area contributed by atoms with E-state index in [1.807, 2.05) is 30.8 Å². The van der Waals surface area contributed by atoms with Crippen LogP contribution in [0.4, 0.5) is 4.79 Å². The van der Waals surface area contributed by atoms with Crippen molar-refractivity contribution in [3.8, 4) is 0 Å². The topological polar surface area (TPSA) is 54.0 Å². The summed E-state index contributed by atoms with van der Waals surface area (Å²) in [6.45, 7) is 4.16. The fourth-order valence-corrected chi connectivity index (χ4v) is 4.00. The van der Waals surface area contributed by atoms with E-state index in [-0.39, 0.29) is 12.1 Å². The van der Waals surface area contributed by atoms with Gasteiger partial charge in [0.15, 0.2) is 0 Å². The number of hydrogen-bond donors (Lipinski definition) is 2. The monoisotopic (exact) mass is 307 g/mol. The third kappa shape index (κ3) is 4.92. The van der Waals surface area contributed by atoms with Gasteiger partial charge in [-0.1, -0.05) is 25.8 Å². The van der Waals surface area contributed by atoms with E-state index in [2.05, 4.69) is 22.5 Å². The van der Waals surface area contributed by atoms with E-state index in [1.165, 1.54) is 19.3 Å². The van der Waals surface area contributed by atoms with Crippen LogP contribution in [-0.4, -0.2) is 28.1 Å². The van der Waals surface area contributed by atoms with Gasteiger partial charge in [-0.25, -0.2) is 4.79 Å². The second-order valence-electron chi connectivity index (χ2n) is 5.51. The Labute approximate surface area is 131 Å². The second kappa shape index (κ2) is 8.27. The molecular formula is C16H25N3OS. The largest absolute Gasteiger partial charge is 0.334 e. The Morgan fingerprint density at radius 2 is 2.29 bits per heavy atom. The lowest BCUT2D eigenvalue weighted by Gasteiger charge is -2.32. The first-order valence-electron chi connectivity index (χ1n) is 7.79. The summed E-state index contributed by atoms with van der Waals surface area (Å²) in [5, 5.41) is 6.73. The van der Waals surface area contributed by atoms with Crippen molar-refractivity contribution in [3.63, 3.8) is 0 Å². The summed E-state index contributed by atoms with van der Waals surface area (Å²) < 4.78 is 0. The third-order valence-corrected chi connectivity index (χ3v) is 5.26. The molecule has 0 aromatic carbocycles. The van der Waals surface area contributed by atoms with Crippen LogP contribution >= 0.6 is 11.8 Å². The van der Waals surface area contributed by atoms with Crippen LogP contribution in [-0.2, 0) is 0 Å². The molecule has 1 heterocycles. The van der Waals surface area contributed by atoms with Crippen LogP contribution in [0.25, 0.3) is 0 Å². The van der Waals surface area contributed by atoms with E-state index in [0.717, 1.165) is 17.7 Å². The number of urea groups is 1. The molecule has 1 aliphatic carbocycles. The number of carbonyl (C=O) groups excluding carboxylic acids is 1.